The second kappa shape index (κ2) is 5.59. The van der Waals surface area contributed by atoms with Crippen LogP contribution in [0.5, 0.6) is 0 Å². The van der Waals surface area contributed by atoms with Crippen LogP contribution in [-0.4, -0.2) is 0 Å². The maximum atomic E-state index is 13.4. The van der Waals surface area contributed by atoms with E-state index in [0.29, 0.717) is 10.6 Å². The van der Waals surface area contributed by atoms with E-state index in [9.17, 15) is 4.39 Å². The Hall–Kier alpha value is 0.0600. The second-order valence-electron chi connectivity index (χ2n) is 3.88. The van der Waals surface area contributed by atoms with Gasteiger partial charge in [-0.2, -0.15) is 0 Å². The van der Waals surface area contributed by atoms with E-state index >= 15 is 0 Å². The number of aryl methyl sites for hydroxylation is 1. The molecule has 0 bridgehead atoms. The summed E-state index contributed by atoms with van der Waals surface area (Å²) in [6.07, 6.45) is 0. The van der Waals surface area contributed by atoms with Crippen molar-refractivity contribution in [2.24, 2.45) is 5.73 Å². The van der Waals surface area contributed by atoms with Gasteiger partial charge >= 0.3 is 0 Å². The monoisotopic (exact) mass is 411 g/mol. The van der Waals surface area contributed by atoms with Gasteiger partial charge in [-0.1, -0.05) is 11.6 Å². The first-order valence-electron chi connectivity index (χ1n) is 5.06. The van der Waals surface area contributed by atoms with Crippen LogP contribution in [0.1, 0.15) is 22.7 Å². The molecule has 1 nitrogen and oxygen atoms in total. The maximum absolute atomic E-state index is 13.4. The number of nitrogens with two attached hydrogens (primary N) is 1. The molecule has 0 saturated heterocycles. The van der Waals surface area contributed by atoms with Gasteiger partial charge in [-0.15, -0.1) is 11.3 Å². The maximum Gasteiger partial charge on any atom is 0.127 e. The molecular weight excluding hydrogens is 404 g/mol. The van der Waals surface area contributed by atoms with E-state index in [2.05, 4.69) is 31.9 Å². The summed E-state index contributed by atoms with van der Waals surface area (Å²) >= 11 is 14.5. The van der Waals surface area contributed by atoms with Crippen molar-refractivity contribution in [3.63, 3.8) is 0 Å². The molecule has 0 saturated carbocycles. The molecule has 1 atom stereocenters. The summed E-state index contributed by atoms with van der Waals surface area (Å²) in [6, 6.07) is 4.56. The molecular formula is C12H9Br2ClFNS. The Morgan fingerprint density at radius 2 is 1.94 bits per heavy atom. The van der Waals surface area contributed by atoms with Gasteiger partial charge in [0.15, 0.2) is 0 Å². The van der Waals surface area contributed by atoms with E-state index < -0.39 is 0 Å². The summed E-state index contributed by atoms with van der Waals surface area (Å²) in [4.78, 5) is 0. The third-order valence-electron chi connectivity index (χ3n) is 2.63. The molecule has 0 radical (unpaired) electrons. The molecule has 0 spiro atoms. The largest absolute Gasteiger partial charge is 0.320 e. The molecule has 18 heavy (non-hydrogen) atoms. The Balaban J connectivity index is 2.49. The lowest BCUT2D eigenvalue weighted by molar-refractivity contribution is 0.617. The summed E-state index contributed by atoms with van der Waals surface area (Å²) in [5, 5.41) is 0.347. The summed E-state index contributed by atoms with van der Waals surface area (Å²) in [6.45, 7) is 1.69. The molecule has 0 aliphatic carbocycles. The first-order chi connectivity index (χ1) is 8.40. The topological polar surface area (TPSA) is 26.0 Å². The standard InChI is InChI=1S/C12H9Br2ClFNS/c1-5-2-6(8(15)4-9(5)16)11(17)7-3-10(13)18-12(7)14/h2-4,11H,17H2,1H3. The molecule has 2 N–H and O–H groups in total. The quantitative estimate of drug-likeness (QED) is 0.699. The highest BCUT2D eigenvalue weighted by atomic mass is 79.9. The zero-order valence-corrected chi connectivity index (χ0v) is 14.1. The lowest BCUT2D eigenvalue weighted by atomic mass is 10.00. The van der Waals surface area contributed by atoms with Crippen LogP contribution in [0.3, 0.4) is 0 Å². The van der Waals surface area contributed by atoms with Crippen molar-refractivity contribution in [3.05, 3.63) is 53.3 Å². The van der Waals surface area contributed by atoms with Crippen LogP contribution in [0.25, 0.3) is 0 Å². The predicted molar refractivity (Wildman–Crippen MR) is 81.9 cm³/mol. The third kappa shape index (κ3) is 2.80. The van der Waals surface area contributed by atoms with Crippen LogP contribution in [0.15, 0.2) is 25.8 Å². The van der Waals surface area contributed by atoms with Crippen LogP contribution in [0.2, 0.25) is 5.02 Å². The highest BCUT2D eigenvalue weighted by molar-refractivity contribution is 9.12. The fourth-order valence-electron chi connectivity index (χ4n) is 1.65. The van der Waals surface area contributed by atoms with E-state index in [1.165, 1.54) is 6.07 Å². The van der Waals surface area contributed by atoms with Gasteiger partial charge in [0.05, 0.1) is 13.6 Å². The number of hydrogen-bond acceptors (Lipinski definition) is 2. The normalized spacial score (nSPS) is 12.8. The molecule has 1 unspecified atom stereocenters. The lowest BCUT2D eigenvalue weighted by Crippen LogP contribution is -2.12. The molecule has 2 aromatic rings. The zero-order chi connectivity index (χ0) is 13.4. The molecule has 1 aromatic heterocycles. The molecule has 1 aromatic carbocycles. The van der Waals surface area contributed by atoms with Gasteiger partial charge in [-0.3, -0.25) is 0 Å². The van der Waals surface area contributed by atoms with Crippen molar-refractivity contribution in [3.8, 4) is 0 Å². The minimum atomic E-state index is -0.381. The first kappa shape index (κ1) is 14.5. The fraction of sp³-hybridized carbons (Fsp3) is 0.167. The van der Waals surface area contributed by atoms with Crippen molar-refractivity contribution >= 4 is 54.8 Å². The van der Waals surface area contributed by atoms with E-state index in [4.69, 9.17) is 17.3 Å². The Kier molecular flexibility index (Phi) is 4.49. The average Bonchev–Trinajstić information content (AvgIpc) is 2.62. The highest BCUT2D eigenvalue weighted by Gasteiger charge is 2.19. The fourth-order valence-corrected chi connectivity index (χ4v) is 4.85. The molecule has 2 rings (SSSR count). The Morgan fingerprint density at radius 1 is 1.28 bits per heavy atom. The van der Waals surface area contributed by atoms with Crippen LogP contribution in [0, 0.1) is 12.7 Å². The van der Waals surface area contributed by atoms with Gasteiger partial charge in [-0.25, -0.2) is 4.39 Å². The molecule has 0 amide bonds. The van der Waals surface area contributed by atoms with E-state index in [1.54, 1.807) is 24.3 Å². The Bertz CT molecular complexity index is 600. The van der Waals surface area contributed by atoms with Gasteiger partial charge in [0, 0.05) is 5.02 Å². The number of thiophene rings is 1. The highest BCUT2D eigenvalue weighted by Crippen LogP contribution is 2.38. The minimum absolute atomic E-state index is 0.318. The first-order valence-corrected chi connectivity index (χ1v) is 7.84. The van der Waals surface area contributed by atoms with Gasteiger partial charge in [-0.05, 0) is 73.7 Å². The van der Waals surface area contributed by atoms with Gasteiger partial charge in [0.1, 0.15) is 5.82 Å². The van der Waals surface area contributed by atoms with Crippen LogP contribution < -0.4 is 5.73 Å². The smallest absolute Gasteiger partial charge is 0.127 e. The van der Waals surface area contributed by atoms with Crippen molar-refractivity contribution in [2.75, 3.05) is 0 Å². The van der Waals surface area contributed by atoms with E-state index in [1.807, 2.05) is 6.07 Å². The third-order valence-corrected chi connectivity index (χ3v) is 5.34. The van der Waals surface area contributed by atoms with Crippen LogP contribution in [0.4, 0.5) is 4.39 Å². The predicted octanol–water partition coefficient (Wildman–Crippen LogP) is 5.42. The van der Waals surface area contributed by atoms with Gasteiger partial charge < -0.3 is 5.73 Å². The van der Waals surface area contributed by atoms with Crippen molar-refractivity contribution < 1.29 is 4.39 Å². The zero-order valence-electron chi connectivity index (χ0n) is 9.31. The molecule has 6 heteroatoms. The van der Waals surface area contributed by atoms with Crippen molar-refractivity contribution in [1.29, 1.82) is 0 Å². The molecule has 0 aliphatic rings. The molecule has 96 valence electrons. The Labute approximate surface area is 130 Å². The number of hydrogen-bond donors (Lipinski definition) is 1. The number of halogens is 4. The van der Waals surface area contributed by atoms with Crippen molar-refractivity contribution in [1.82, 2.24) is 0 Å². The van der Waals surface area contributed by atoms with Gasteiger partial charge in [0.25, 0.3) is 0 Å². The SMILES string of the molecule is Cc1cc(C(N)c2cc(Br)sc2Br)c(Cl)cc1F. The van der Waals surface area contributed by atoms with E-state index in [-0.39, 0.29) is 11.9 Å². The summed E-state index contributed by atoms with van der Waals surface area (Å²) < 4.78 is 15.3. The molecule has 1 heterocycles. The van der Waals surface area contributed by atoms with Crippen LogP contribution in [-0.2, 0) is 0 Å². The summed E-state index contributed by atoms with van der Waals surface area (Å²) in [7, 11) is 0. The van der Waals surface area contributed by atoms with E-state index in [0.717, 1.165) is 18.7 Å². The minimum Gasteiger partial charge on any atom is -0.320 e. The second-order valence-corrected chi connectivity index (χ2v) is 8.04. The lowest BCUT2D eigenvalue weighted by Gasteiger charge is -2.14. The average molecular weight is 414 g/mol. The number of rotatable bonds is 2. The summed E-state index contributed by atoms with van der Waals surface area (Å²) in [5.41, 5.74) is 8.39. The van der Waals surface area contributed by atoms with Crippen LogP contribution >= 0.6 is 54.8 Å². The van der Waals surface area contributed by atoms with Gasteiger partial charge in [0.2, 0.25) is 0 Å². The molecule has 0 aliphatic heterocycles. The summed E-state index contributed by atoms with van der Waals surface area (Å²) in [5.74, 6) is -0.318. The number of benzene rings is 1. The molecule has 0 fully saturated rings. The Morgan fingerprint density at radius 3 is 2.50 bits per heavy atom. The van der Waals surface area contributed by atoms with Crippen molar-refractivity contribution in [2.45, 2.75) is 13.0 Å².